The lowest BCUT2D eigenvalue weighted by atomic mass is 10.2. The Morgan fingerprint density at radius 3 is 1.74 bits per heavy atom. The Morgan fingerprint density at radius 2 is 1.37 bits per heavy atom. The Balaban J connectivity index is 3.19. The summed E-state index contributed by atoms with van der Waals surface area (Å²) in [5, 5.41) is 0. The first kappa shape index (κ1) is 16.7. The van der Waals surface area contributed by atoms with Crippen LogP contribution in [0.2, 0.25) is 37.8 Å². The largest absolute Gasteiger partial charge is 0.414 e. The van der Waals surface area contributed by atoms with Crippen LogP contribution < -0.4 is 0 Å². The van der Waals surface area contributed by atoms with Crippen molar-refractivity contribution in [1.82, 2.24) is 0 Å². The van der Waals surface area contributed by atoms with Crippen LogP contribution in [0.1, 0.15) is 32.1 Å². The van der Waals surface area contributed by atoms with Crippen molar-refractivity contribution in [3.05, 3.63) is 35.9 Å². The zero-order chi connectivity index (χ0) is 14.5. The number of rotatable bonds is 7. The molecule has 3 heteroatoms. The minimum atomic E-state index is -1.53. The first-order valence-corrected chi connectivity index (χ1v) is 13.7. The van der Waals surface area contributed by atoms with Crippen molar-refractivity contribution in [2.24, 2.45) is 0 Å². The first-order valence-electron chi connectivity index (χ1n) is 7.61. The van der Waals surface area contributed by atoms with E-state index in [2.05, 4.69) is 70.7 Å². The van der Waals surface area contributed by atoms with Crippen LogP contribution in [0.4, 0.5) is 0 Å². The Morgan fingerprint density at radius 1 is 0.895 bits per heavy atom. The Kier molecular flexibility index (Phi) is 6.02. The van der Waals surface area contributed by atoms with E-state index < -0.39 is 16.4 Å². The van der Waals surface area contributed by atoms with Crippen LogP contribution in [-0.4, -0.2) is 16.4 Å². The zero-order valence-corrected chi connectivity index (χ0v) is 15.5. The third kappa shape index (κ3) is 4.30. The summed E-state index contributed by atoms with van der Waals surface area (Å²) in [5.74, 6) is 0. The van der Waals surface area contributed by atoms with Gasteiger partial charge in [-0.05, 0) is 25.2 Å². The highest BCUT2D eigenvalue weighted by Gasteiger charge is 2.40. The van der Waals surface area contributed by atoms with E-state index in [0.717, 1.165) is 0 Å². The lowest BCUT2D eigenvalue weighted by Crippen LogP contribution is -2.45. The number of hydrogen-bond acceptors (Lipinski definition) is 1. The van der Waals surface area contributed by atoms with Crippen molar-refractivity contribution in [3.63, 3.8) is 0 Å². The van der Waals surface area contributed by atoms with E-state index >= 15 is 0 Å². The van der Waals surface area contributed by atoms with Crippen molar-refractivity contribution >= 4 is 16.4 Å². The molecule has 0 amide bonds. The molecule has 0 radical (unpaired) electrons. The van der Waals surface area contributed by atoms with Gasteiger partial charge in [0, 0.05) is 0 Å². The Hall–Kier alpha value is -0.386. The topological polar surface area (TPSA) is 9.23 Å². The van der Waals surface area contributed by atoms with Gasteiger partial charge in [0.2, 0.25) is 0 Å². The average Bonchev–Trinajstić information content (AvgIpc) is 2.40. The lowest BCUT2D eigenvalue weighted by Gasteiger charge is -2.40. The summed E-state index contributed by atoms with van der Waals surface area (Å²) in [4.78, 5) is 0. The fourth-order valence-electron chi connectivity index (χ4n) is 2.83. The maximum absolute atomic E-state index is 6.66. The maximum atomic E-state index is 6.66. The summed E-state index contributed by atoms with van der Waals surface area (Å²) in [5.41, 5.74) is 1.78. The quantitative estimate of drug-likeness (QED) is 0.592. The van der Waals surface area contributed by atoms with Gasteiger partial charge in [-0.3, -0.25) is 0 Å². The van der Waals surface area contributed by atoms with Gasteiger partial charge in [0.05, 0.1) is 13.8 Å². The molecule has 19 heavy (non-hydrogen) atoms. The molecule has 0 heterocycles. The van der Waals surface area contributed by atoms with E-state index in [1.165, 1.54) is 23.7 Å². The second-order valence-electron chi connectivity index (χ2n) is 6.44. The second kappa shape index (κ2) is 6.86. The third-order valence-electron chi connectivity index (χ3n) is 4.24. The van der Waals surface area contributed by atoms with Crippen molar-refractivity contribution in [1.29, 1.82) is 0 Å². The maximum Gasteiger partial charge on any atom is 0.184 e. The molecule has 0 bridgehead atoms. The van der Waals surface area contributed by atoms with Gasteiger partial charge in [-0.25, -0.2) is 0 Å². The zero-order valence-electron chi connectivity index (χ0n) is 13.5. The van der Waals surface area contributed by atoms with Gasteiger partial charge in [-0.2, -0.15) is 0 Å². The smallest absolute Gasteiger partial charge is 0.184 e. The molecule has 0 saturated heterocycles. The van der Waals surface area contributed by atoms with Gasteiger partial charge >= 0.3 is 0 Å². The average molecular weight is 295 g/mol. The van der Waals surface area contributed by atoms with E-state index in [-0.39, 0.29) is 0 Å². The molecule has 0 aromatic heterocycles. The van der Waals surface area contributed by atoms with Crippen LogP contribution in [-0.2, 0) is 4.43 Å². The summed E-state index contributed by atoms with van der Waals surface area (Å²) >= 11 is 0. The van der Waals surface area contributed by atoms with Gasteiger partial charge < -0.3 is 4.43 Å². The summed E-state index contributed by atoms with van der Waals surface area (Å²) < 4.78 is 6.66. The van der Waals surface area contributed by atoms with E-state index in [1.807, 2.05) is 0 Å². The predicted molar refractivity (Wildman–Crippen MR) is 90.8 cm³/mol. The molecule has 0 aliphatic heterocycles. The standard InChI is InChI=1S/C16H30OSi2/c1-7-19(8-2,9-3)16(17-18(4,5)6)15-13-11-10-12-14-15/h10-14,16H,7-9H2,1-6H3. The first-order chi connectivity index (χ1) is 8.88. The van der Waals surface area contributed by atoms with Crippen molar-refractivity contribution in [2.75, 3.05) is 0 Å². The molecule has 1 aromatic rings. The van der Waals surface area contributed by atoms with Gasteiger partial charge in [0.1, 0.15) is 0 Å². The third-order valence-corrected chi connectivity index (χ3v) is 11.2. The summed E-state index contributed by atoms with van der Waals surface area (Å²) in [6.45, 7) is 14.0. The molecule has 1 unspecified atom stereocenters. The van der Waals surface area contributed by atoms with Crippen LogP contribution in [0.15, 0.2) is 30.3 Å². The molecule has 1 atom stereocenters. The van der Waals surface area contributed by atoms with Crippen molar-refractivity contribution < 1.29 is 4.43 Å². The second-order valence-corrected chi connectivity index (χ2v) is 16.3. The lowest BCUT2D eigenvalue weighted by molar-refractivity contribution is 0.265. The molecule has 1 rings (SSSR count). The molecule has 0 aliphatic carbocycles. The predicted octanol–water partition coefficient (Wildman–Crippen LogP) is 5.63. The molecule has 0 fully saturated rings. The number of hydrogen-bond donors (Lipinski definition) is 0. The van der Waals surface area contributed by atoms with Crippen LogP contribution in [0.25, 0.3) is 0 Å². The van der Waals surface area contributed by atoms with Crippen molar-refractivity contribution in [3.8, 4) is 0 Å². The molecule has 0 aliphatic rings. The highest BCUT2D eigenvalue weighted by Crippen LogP contribution is 2.38. The van der Waals surface area contributed by atoms with E-state index in [0.29, 0.717) is 5.73 Å². The van der Waals surface area contributed by atoms with Gasteiger partial charge in [0.15, 0.2) is 8.32 Å². The molecular formula is C16H30OSi2. The molecule has 1 aromatic carbocycles. The highest BCUT2D eigenvalue weighted by atomic mass is 28.4. The fraction of sp³-hybridized carbons (Fsp3) is 0.625. The number of benzene rings is 1. The highest BCUT2D eigenvalue weighted by molar-refractivity contribution is 6.81. The van der Waals surface area contributed by atoms with Crippen LogP contribution in [0, 0.1) is 0 Å². The SMILES string of the molecule is CC[Si](CC)(CC)C(O[Si](C)(C)C)c1ccccc1. The molecule has 0 spiro atoms. The molecule has 0 saturated carbocycles. The normalized spacial score (nSPS) is 14.4. The Labute approximate surface area is 121 Å². The summed E-state index contributed by atoms with van der Waals surface area (Å²) in [6.07, 6.45) is 0. The van der Waals surface area contributed by atoms with Crippen LogP contribution in [0.3, 0.4) is 0 Å². The molecular weight excluding hydrogens is 264 g/mol. The Bertz CT molecular complexity index is 358. The fourth-order valence-corrected chi connectivity index (χ4v) is 9.25. The minimum absolute atomic E-state index is 0.375. The molecule has 108 valence electrons. The molecule has 1 nitrogen and oxygen atoms in total. The van der Waals surface area contributed by atoms with Gasteiger partial charge in [-0.15, -0.1) is 0 Å². The van der Waals surface area contributed by atoms with Crippen LogP contribution in [0.5, 0.6) is 0 Å². The minimum Gasteiger partial charge on any atom is -0.414 e. The van der Waals surface area contributed by atoms with Crippen LogP contribution >= 0.6 is 0 Å². The summed E-state index contributed by atoms with van der Waals surface area (Å²) in [6, 6.07) is 14.8. The monoisotopic (exact) mass is 294 g/mol. The summed E-state index contributed by atoms with van der Waals surface area (Å²) in [7, 11) is -2.91. The van der Waals surface area contributed by atoms with E-state index in [9.17, 15) is 0 Å². The van der Waals surface area contributed by atoms with Crippen molar-refractivity contribution in [2.45, 2.75) is 64.3 Å². The van der Waals surface area contributed by atoms with Gasteiger partial charge in [-0.1, -0.05) is 69.2 Å². The van der Waals surface area contributed by atoms with Gasteiger partial charge in [0.25, 0.3) is 0 Å². The van der Waals surface area contributed by atoms with E-state index in [4.69, 9.17) is 4.43 Å². The molecule has 0 N–H and O–H groups in total. The van der Waals surface area contributed by atoms with E-state index in [1.54, 1.807) is 0 Å².